The zero-order valence-corrected chi connectivity index (χ0v) is 10.1. The first-order chi connectivity index (χ1) is 7.59. The van der Waals surface area contributed by atoms with Crippen molar-refractivity contribution in [3.63, 3.8) is 0 Å². The molecule has 0 N–H and O–H groups in total. The third-order valence-corrected chi connectivity index (χ3v) is 3.24. The maximum atomic E-state index is 12.0. The molecule has 0 aromatic carbocycles. The molecule has 1 aliphatic carbocycles. The first-order valence-electron chi connectivity index (χ1n) is 5.34. The molecule has 1 heterocycles. The molecule has 0 saturated heterocycles. The summed E-state index contributed by atoms with van der Waals surface area (Å²) in [5, 5.41) is 0.248. The lowest BCUT2D eigenvalue weighted by atomic mass is 10.2. The van der Waals surface area contributed by atoms with E-state index in [1.54, 1.807) is 11.9 Å². The minimum Gasteiger partial charge on any atom is -0.337 e. The smallest absolute Gasteiger partial charge is 0.274 e. The molecular formula is C11H14ClN3O. The van der Waals surface area contributed by atoms with E-state index in [0.29, 0.717) is 11.6 Å². The summed E-state index contributed by atoms with van der Waals surface area (Å²) in [5.41, 5.74) is 0.308. The molecule has 1 aromatic rings. The number of carbonyl (C=O) groups is 1. The molecule has 1 saturated carbocycles. The van der Waals surface area contributed by atoms with Crippen molar-refractivity contribution in [1.29, 1.82) is 0 Å². The van der Waals surface area contributed by atoms with Gasteiger partial charge in [-0.25, -0.2) is 4.98 Å². The van der Waals surface area contributed by atoms with Gasteiger partial charge in [0.2, 0.25) is 0 Å². The Labute approximate surface area is 99.6 Å². The van der Waals surface area contributed by atoms with Crippen LogP contribution in [0.3, 0.4) is 0 Å². The zero-order valence-electron chi connectivity index (χ0n) is 9.35. The van der Waals surface area contributed by atoms with Crippen molar-refractivity contribution >= 4 is 17.5 Å². The second-order valence-electron chi connectivity index (χ2n) is 4.22. The lowest BCUT2D eigenvalue weighted by Gasteiger charge is -2.24. The number of rotatable bonds is 3. The van der Waals surface area contributed by atoms with Gasteiger partial charge in [0, 0.05) is 13.1 Å². The molecule has 2 rings (SSSR count). The normalized spacial score (nSPS) is 16.9. The van der Waals surface area contributed by atoms with E-state index in [4.69, 9.17) is 11.6 Å². The van der Waals surface area contributed by atoms with Crippen molar-refractivity contribution < 1.29 is 4.79 Å². The Bertz CT molecular complexity index is 406. The Balaban J connectivity index is 2.11. The van der Waals surface area contributed by atoms with Crippen LogP contribution in [0, 0.1) is 5.92 Å². The van der Waals surface area contributed by atoms with Crippen LogP contribution < -0.4 is 0 Å². The largest absolute Gasteiger partial charge is 0.337 e. The van der Waals surface area contributed by atoms with E-state index in [2.05, 4.69) is 16.9 Å². The summed E-state index contributed by atoms with van der Waals surface area (Å²) < 4.78 is 0. The Morgan fingerprint density at radius 1 is 1.56 bits per heavy atom. The fourth-order valence-corrected chi connectivity index (χ4v) is 1.85. The van der Waals surface area contributed by atoms with Crippen LogP contribution in [0.5, 0.6) is 0 Å². The fraction of sp³-hybridized carbons (Fsp3) is 0.545. The quantitative estimate of drug-likeness (QED) is 0.811. The van der Waals surface area contributed by atoms with Crippen molar-refractivity contribution in [2.45, 2.75) is 25.8 Å². The molecule has 1 aromatic heterocycles. The number of carbonyl (C=O) groups excluding carboxylic acids is 1. The third-order valence-electron chi connectivity index (χ3n) is 3.06. The van der Waals surface area contributed by atoms with Gasteiger partial charge in [0.05, 0.1) is 12.4 Å². The summed E-state index contributed by atoms with van der Waals surface area (Å²) in [4.78, 5) is 21.6. The number of amides is 1. The molecule has 0 bridgehead atoms. The van der Waals surface area contributed by atoms with E-state index >= 15 is 0 Å². The SMILES string of the molecule is CC(C1CC1)N(C)C(=O)c1cncc(Cl)n1. The van der Waals surface area contributed by atoms with Crippen molar-refractivity contribution in [2.24, 2.45) is 5.92 Å². The lowest BCUT2D eigenvalue weighted by Crippen LogP contribution is -2.36. The first kappa shape index (κ1) is 11.3. The zero-order chi connectivity index (χ0) is 11.7. The standard InChI is InChI=1S/C11H14ClN3O/c1-7(8-3-4-8)15(2)11(16)9-5-13-6-10(12)14-9/h5-8H,3-4H2,1-2H3. The fourth-order valence-electron chi connectivity index (χ4n) is 1.71. The van der Waals surface area contributed by atoms with E-state index in [1.165, 1.54) is 25.2 Å². The van der Waals surface area contributed by atoms with Crippen LogP contribution in [0.15, 0.2) is 12.4 Å². The number of aromatic nitrogens is 2. The molecular weight excluding hydrogens is 226 g/mol. The molecule has 1 atom stereocenters. The van der Waals surface area contributed by atoms with Gasteiger partial charge in [-0.1, -0.05) is 11.6 Å². The predicted octanol–water partition coefficient (Wildman–Crippen LogP) is 2.00. The Hall–Kier alpha value is -1.16. The molecule has 1 fully saturated rings. The minimum absolute atomic E-state index is 0.116. The van der Waals surface area contributed by atoms with Crippen LogP contribution in [-0.4, -0.2) is 33.9 Å². The lowest BCUT2D eigenvalue weighted by molar-refractivity contribution is 0.0721. The van der Waals surface area contributed by atoms with Crippen molar-refractivity contribution in [3.05, 3.63) is 23.2 Å². The van der Waals surface area contributed by atoms with Gasteiger partial charge in [0.15, 0.2) is 0 Å². The topological polar surface area (TPSA) is 46.1 Å². The second kappa shape index (κ2) is 4.37. The highest BCUT2D eigenvalue weighted by atomic mass is 35.5. The highest BCUT2D eigenvalue weighted by molar-refractivity contribution is 6.29. The summed E-state index contributed by atoms with van der Waals surface area (Å²) in [7, 11) is 1.80. The maximum absolute atomic E-state index is 12.0. The van der Waals surface area contributed by atoms with E-state index < -0.39 is 0 Å². The van der Waals surface area contributed by atoms with Crippen LogP contribution in [0.1, 0.15) is 30.3 Å². The van der Waals surface area contributed by atoms with Crippen LogP contribution in [-0.2, 0) is 0 Å². The van der Waals surface area contributed by atoms with Gasteiger partial charge >= 0.3 is 0 Å². The molecule has 86 valence electrons. The molecule has 0 spiro atoms. The summed E-state index contributed by atoms with van der Waals surface area (Å²) in [6.07, 6.45) is 5.28. The van der Waals surface area contributed by atoms with Gasteiger partial charge < -0.3 is 4.90 Å². The van der Waals surface area contributed by atoms with Gasteiger partial charge in [-0.15, -0.1) is 0 Å². The maximum Gasteiger partial charge on any atom is 0.274 e. The highest BCUT2D eigenvalue weighted by Crippen LogP contribution is 2.34. The molecule has 1 unspecified atom stereocenters. The van der Waals surface area contributed by atoms with Gasteiger partial charge in [-0.05, 0) is 25.7 Å². The molecule has 0 aliphatic heterocycles. The predicted molar refractivity (Wildman–Crippen MR) is 61.3 cm³/mol. The van der Waals surface area contributed by atoms with Crippen LogP contribution in [0.4, 0.5) is 0 Å². The molecule has 1 amide bonds. The van der Waals surface area contributed by atoms with Gasteiger partial charge in [-0.3, -0.25) is 9.78 Å². The minimum atomic E-state index is -0.116. The Morgan fingerprint density at radius 2 is 2.25 bits per heavy atom. The van der Waals surface area contributed by atoms with E-state index in [0.717, 1.165) is 0 Å². The first-order valence-corrected chi connectivity index (χ1v) is 5.72. The third kappa shape index (κ3) is 2.32. The van der Waals surface area contributed by atoms with E-state index in [-0.39, 0.29) is 17.1 Å². The molecule has 16 heavy (non-hydrogen) atoms. The molecule has 1 aliphatic rings. The number of hydrogen-bond donors (Lipinski definition) is 0. The van der Waals surface area contributed by atoms with E-state index in [1.807, 2.05) is 0 Å². The van der Waals surface area contributed by atoms with Crippen molar-refractivity contribution in [2.75, 3.05) is 7.05 Å². The average molecular weight is 240 g/mol. The number of hydrogen-bond acceptors (Lipinski definition) is 3. The Morgan fingerprint density at radius 3 is 2.81 bits per heavy atom. The summed E-state index contributed by atoms with van der Waals surface area (Å²) in [6.45, 7) is 2.06. The summed E-state index contributed by atoms with van der Waals surface area (Å²) in [5.74, 6) is 0.524. The number of halogens is 1. The van der Waals surface area contributed by atoms with Gasteiger partial charge in [0.1, 0.15) is 10.8 Å². The van der Waals surface area contributed by atoms with Crippen LogP contribution >= 0.6 is 11.6 Å². The van der Waals surface area contributed by atoms with E-state index in [9.17, 15) is 4.79 Å². The van der Waals surface area contributed by atoms with Crippen LogP contribution in [0.25, 0.3) is 0 Å². The van der Waals surface area contributed by atoms with Crippen molar-refractivity contribution in [3.8, 4) is 0 Å². The monoisotopic (exact) mass is 239 g/mol. The molecule has 4 nitrogen and oxygen atoms in total. The molecule has 0 radical (unpaired) electrons. The van der Waals surface area contributed by atoms with Crippen molar-refractivity contribution in [1.82, 2.24) is 14.9 Å². The van der Waals surface area contributed by atoms with Crippen LogP contribution in [0.2, 0.25) is 5.15 Å². The second-order valence-corrected chi connectivity index (χ2v) is 4.61. The summed E-state index contributed by atoms with van der Waals surface area (Å²) >= 11 is 5.70. The van der Waals surface area contributed by atoms with Gasteiger partial charge in [0.25, 0.3) is 5.91 Å². The number of nitrogens with zero attached hydrogens (tertiary/aromatic N) is 3. The summed E-state index contributed by atoms with van der Waals surface area (Å²) in [6, 6.07) is 0.258. The highest BCUT2D eigenvalue weighted by Gasteiger charge is 2.33. The molecule has 5 heteroatoms. The Kier molecular flexibility index (Phi) is 3.10. The van der Waals surface area contributed by atoms with Gasteiger partial charge in [-0.2, -0.15) is 0 Å². The average Bonchev–Trinajstić information content (AvgIpc) is 3.10.